The number of nitrogens with zero attached hydrogens (tertiary/aromatic N) is 1. The molecule has 1 saturated heterocycles. The lowest BCUT2D eigenvalue weighted by molar-refractivity contribution is 0.0883. The summed E-state index contributed by atoms with van der Waals surface area (Å²) < 4.78 is 0.850. The summed E-state index contributed by atoms with van der Waals surface area (Å²) in [5, 5.41) is 3.15. The van der Waals surface area contributed by atoms with Crippen LogP contribution in [-0.4, -0.2) is 37.0 Å². The van der Waals surface area contributed by atoms with Crippen LogP contribution in [-0.2, 0) is 0 Å². The van der Waals surface area contributed by atoms with Crippen LogP contribution in [0.4, 0.5) is 0 Å². The zero-order chi connectivity index (χ0) is 13.1. The lowest BCUT2D eigenvalue weighted by Gasteiger charge is -2.35. The molecule has 3 nitrogen and oxygen atoms in total. The Labute approximate surface area is 117 Å². The quantitative estimate of drug-likeness (QED) is 0.910. The molecule has 18 heavy (non-hydrogen) atoms. The number of carbonyl (C=O) groups is 1. The maximum Gasteiger partial charge on any atom is 0.252 e. The number of piperidine rings is 1. The Balaban J connectivity index is 2.02. The molecule has 1 amide bonds. The average Bonchev–Trinajstić information content (AvgIpc) is 2.33. The van der Waals surface area contributed by atoms with Crippen molar-refractivity contribution in [1.29, 1.82) is 0 Å². The van der Waals surface area contributed by atoms with Gasteiger partial charge in [0.05, 0.1) is 5.56 Å². The van der Waals surface area contributed by atoms with Crippen LogP contribution in [0.1, 0.15) is 23.7 Å². The topological polar surface area (TPSA) is 32.3 Å². The highest BCUT2D eigenvalue weighted by Crippen LogP contribution is 2.19. The summed E-state index contributed by atoms with van der Waals surface area (Å²) in [4.78, 5) is 14.5. The number of amides is 1. The van der Waals surface area contributed by atoms with Crippen molar-refractivity contribution in [2.45, 2.75) is 19.4 Å². The fourth-order valence-electron chi connectivity index (χ4n) is 2.46. The van der Waals surface area contributed by atoms with Crippen LogP contribution in [0.5, 0.6) is 0 Å². The molecule has 1 aromatic carbocycles. The number of hydrogen-bond acceptors (Lipinski definition) is 2. The molecule has 2 unspecified atom stereocenters. The van der Waals surface area contributed by atoms with Gasteiger partial charge in [-0.05, 0) is 54.0 Å². The average molecular weight is 311 g/mol. The molecule has 2 rings (SSSR count). The standard InChI is InChI=1S/C14H19BrN2O/c1-10-9-17(2)8-7-13(10)16-14(18)11-5-3-4-6-12(11)15/h3-6,10,13H,7-9H2,1-2H3,(H,16,18). The van der Waals surface area contributed by atoms with Crippen LogP contribution in [0.2, 0.25) is 0 Å². The molecule has 1 N–H and O–H groups in total. The molecule has 0 aliphatic carbocycles. The summed E-state index contributed by atoms with van der Waals surface area (Å²) in [5.41, 5.74) is 0.712. The second kappa shape index (κ2) is 5.85. The first-order valence-electron chi connectivity index (χ1n) is 6.32. The van der Waals surface area contributed by atoms with Gasteiger partial charge in [-0.15, -0.1) is 0 Å². The highest BCUT2D eigenvalue weighted by atomic mass is 79.9. The van der Waals surface area contributed by atoms with E-state index in [2.05, 4.69) is 40.1 Å². The Kier molecular flexibility index (Phi) is 4.40. The van der Waals surface area contributed by atoms with Gasteiger partial charge in [0.2, 0.25) is 0 Å². The van der Waals surface area contributed by atoms with Gasteiger partial charge >= 0.3 is 0 Å². The molecule has 1 heterocycles. The van der Waals surface area contributed by atoms with Crippen molar-refractivity contribution in [2.75, 3.05) is 20.1 Å². The van der Waals surface area contributed by atoms with Gasteiger partial charge < -0.3 is 10.2 Å². The Morgan fingerprint density at radius 1 is 1.44 bits per heavy atom. The minimum atomic E-state index is 0.0175. The van der Waals surface area contributed by atoms with Gasteiger partial charge in [0, 0.05) is 17.1 Å². The predicted octanol–water partition coefficient (Wildman–Crippen LogP) is 2.52. The van der Waals surface area contributed by atoms with E-state index in [-0.39, 0.29) is 11.9 Å². The van der Waals surface area contributed by atoms with Crippen molar-refractivity contribution in [3.8, 4) is 0 Å². The van der Waals surface area contributed by atoms with E-state index in [4.69, 9.17) is 0 Å². The van der Waals surface area contributed by atoms with Gasteiger partial charge in [0.25, 0.3) is 5.91 Å². The van der Waals surface area contributed by atoms with Crippen LogP contribution < -0.4 is 5.32 Å². The van der Waals surface area contributed by atoms with Crippen molar-refractivity contribution < 1.29 is 4.79 Å². The number of benzene rings is 1. The van der Waals surface area contributed by atoms with Crippen molar-refractivity contribution in [1.82, 2.24) is 10.2 Å². The van der Waals surface area contributed by atoms with Gasteiger partial charge in [-0.3, -0.25) is 4.79 Å². The van der Waals surface area contributed by atoms with Crippen LogP contribution in [0.3, 0.4) is 0 Å². The monoisotopic (exact) mass is 310 g/mol. The molecular weight excluding hydrogens is 292 g/mol. The largest absolute Gasteiger partial charge is 0.349 e. The number of hydrogen-bond donors (Lipinski definition) is 1. The molecule has 0 aromatic heterocycles. The van der Waals surface area contributed by atoms with E-state index in [0.29, 0.717) is 11.5 Å². The zero-order valence-corrected chi connectivity index (χ0v) is 12.4. The third-order valence-electron chi connectivity index (χ3n) is 3.54. The summed E-state index contributed by atoms with van der Waals surface area (Å²) in [6.07, 6.45) is 1.02. The van der Waals surface area contributed by atoms with Crippen molar-refractivity contribution >= 4 is 21.8 Å². The first kappa shape index (κ1) is 13.6. The van der Waals surface area contributed by atoms with Crippen molar-refractivity contribution in [3.63, 3.8) is 0 Å². The third kappa shape index (κ3) is 3.12. The van der Waals surface area contributed by atoms with Gasteiger partial charge in [-0.2, -0.15) is 0 Å². The fourth-order valence-corrected chi connectivity index (χ4v) is 2.92. The fraction of sp³-hybridized carbons (Fsp3) is 0.500. The molecule has 0 saturated carbocycles. The highest BCUT2D eigenvalue weighted by molar-refractivity contribution is 9.10. The van der Waals surface area contributed by atoms with E-state index < -0.39 is 0 Å². The van der Waals surface area contributed by atoms with Crippen LogP contribution in [0.15, 0.2) is 28.7 Å². The smallest absolute Gasteiger partial charge is 0.252 e. The first-order valence-corrected chi connectivity index (χ1v) is 7.11. The maximum atomic E-state index is 12.2. The molecule has 1 aliphatic rings. The number of nitrogens with one attached hydrogen (secondary N) is 1. The third-order valence-corrected chi connectivity index (χ3v) is 4.23. The summed E-state index contributed by atoms with van der Waals surface area (Å²) >= 11 is 3.42. The predicted molar refractivity (Wildman–Crippen MR) is 76.7 cm³/mol. The van der Waals surface area contributed by atoms with Gasteiger partial charge in [-0.25, -0.2) is 0 Å². The van der Waals surface area contributed by atoms with Gasteiger partial charge in [-0.1, -0.05) is 19.1 Å². The second-order valence-corrected chi connectivity index (χ2v) is 5.94. The minimum absolute atomic E-state index is 0.0175. The minimum Gasteiger partial charge on any atom is -0.349 e. The van der Waals surface area contributed by atoms with Crippen molar-refractivity contribution in [3.05, 3.63) is 34.3 Å². The molecule has 2 atom stereocenters. The van der Waals surface area contributed by atoms with E-state index in [1.807, 2.05) is 24.3 Å². The lowest BCUT2D eigenvalue weighted by Crippen LogP contribution is -2.48. The molecule has 1 aliphatic heterocycles. The maximum absolute atomic E-state index is 12.2. The van der Waals surface area contributed by atoms with E-state index in [9.17, 15) is 4.79 Å². The van der Waals surface area contributed by atoms with Crippen LogP contribution in [0.25, 0.3) is 0 Å². The van der Waals surface area contributed by atoms with E-state index in [0.717, 1.165) is 24.0 Å². The summed E-state index contributed by atoms with van der Waals surface area (Å²) in [6, 6.07) is 7.82. The molecule has 98 valence electrons. The Morgan fingerprint density at radius 3 is 2.83 bits per heavy atom. The molecule has 0 bridgehead atoms. The zero-order valence-electron chi connectivity index (χ0n) is 10.8. The summed E-state index contributed by atoms with van der Waals surface area (Å²) in [5.74, 6) is 0.513. The first-order chi connectivity index (χ1) is 8.58. The van der Waals surface area contributed by atoms with Crippen LogP contribution in [0, 0.1) is 5.92 Å². The van der Waals surface area contributed by atoms with E-state index >= 15 is 0 Å². The molecule has 1 fully saturated rings. The Hall–Kier alpha value is -0.870. The molecule has 0 radical (unpaired) electrons. The van der Waals surface area contributed by atoms with Gasteiger partial charge in [0.1, 0.15) is 0 Å². The molecule has 1 aromatic rings. The Bertz CT molecular complexity index is 436. The van der Waals surface area contributed by atoms with Gasteiger partial charge in [0.15, 0.2) is 0 Å². The molecule has 0 spiro atoms. The highest BCUT2D eigenvalue weighted by Gasteiger charge is 2.26. The number of halogens is 1. The summed E-state index contributed by atoms with van der Waals surface area (Å²) in [7, 11) is 2.13. The number of rotatable bonds is 2. The normalized spacial score (nSPS) is 24.8. The second-order valence-electron chi connectivity index (χ2n) is 5.09. The van der Waals surface area contributed by atoms with Crippen molar-refractivity contribution in [2.24, 2.45) is 5.92 Å². The lowest BCUT2D eigenvalue weighted by atomic mass is 9.94. The number of carbonyl (C=O) groups excluding carboxylic acids is 1. The van der Waals surface area contributed by atoms with Crippen LogP contribution >= 0.6 is 15.9 Å². The SMILES string of the molecule is CC1CN(C)CCC1NC(=O)c1ccccc1Br. The van der Waals surface area contributed by atoms with E-state index in [1.54, 1.807) is 0 Å². The Morgan fingerprint density at radius 2 is 2.17 bits per heavy atom. The summed E-state index contributed by atoms with van der Waals surface area (Å²) in [6.45, 7) is 4.28. The molecular formula is C14H19BrN2O. The molecule has 4 heteroatoms. The van der Waals surface area contributed by atoms with E-state index in [1.165, 1.54) is 0 Å². The number of likely N-dealkylation sites (tertiary alicyclic amines) is 1.